The number of amides is 2. The summed E-state index contributed by atoms with van der Waals surface area (Å²) in [5.74, 6) is 0.377. The van der Waals surface area contributed by atoms with Crippen LogP contribution < -0.4 is 15.0 Å². The van der Waals surface area contributed by atoms with Gasteiger partial charge in [-0.3, -0.25) is 9.59 Å². The zero-order chi connectivity index (χ0) is 23.5. The number of imide groups is 1. The largest absolute Gasteiger partial charge is 0.493 e. The third kappa shape index (κ3) is 4.82. The number of carbonyl (C=O) groups is 2. The summed E-state index contributed by atoms with van der Waals surface area (Å²) >= 11 is 0. The Bertz CT molecular complexity index is 1190. The SMILES string of the molecule is Cc1cc(C)cc(NC2=C(c3ccccc3)C(=O)N(c3ccc(OCC(C)C)cc3)C2=O)c1. The number of hydrogen-bond acceptors (Lipinski definition) is 4. The summed E-state index contributed by atoms with van der Waals surface area (Å²) < 4.78 is 5.74. The summed E-state index contributed by atoms with van der Waals surface area (Å²) in [6.07, 6.45) is 0. The van der Waals surface area contributed by atoms with Crippen molar-refractivity contribution >= 4 is 28.8 Å². The van der Waals surface area contributed by atoms with Crippen LogP contribution in [0.25, 0.3) is 5.57 Å². The van der Waals surface area contributed by atoms with Gasteiger partial charge in [0, 0.05) is 5.69 Å². The number of ether oxygens (including phenoxy) is 1. The van der Waals surface area contributed by atoms with E-state index in [0.29, 0.717) is 35.1 Å². The van der Waals surface area contributed by atoms with Crippen molar-refractivity contribution in [3.63, 3.8) is 0 Å². The topological polar surface area (TPSA) is 58.6 Å². The summed E-state index contributed by atoms with van der Waals surface area (Å²) in [5, 5.41) is 3.24. The summed E-state index contributed by atoms with van der Waals surface area (Å²) in [4.78, 5) is 28.3. The van der Waals surface area contributed by atoms with Gasteiger partial charge in [0.2, 0.25) is 0 Å². The first-order valence-electron chi connectivity index (χ1n) is 11.1. The number of nitrogens with one attached hydrogen (secondary N) is 1. The molecule has 1 aliphatic heterocycles. The van der Waals surface area contributed by atoms with E-state index in [-0.39, 0.29) is 17.5 Å². The van der Waals surface area contributed by atoms with Crippen molar-refractivity contribution in [2.24, 2.45) is 5.92 Å². The van der Waals surface area contributed by atoms with E-state index in [1.54, 1.807) is 24.3 Å². The predicted molar refractivity (Wildman–Crippen MR) is 132 cm³/mol. The van der Waals surface area contributed by atoms with Crippen molar-refractivity contribution in [3.05, 3.63) is 95.2 Å². The van der Waals surface area contributed by atoms with Gasteiger partial charge in [0.1, 0.15) is 11.4 Å². The molecule has 5 nitrogen and oxygen atoms in total. The van der Waals surface area contributed by atoms with Crippen LogP contribution >= 0.6 is 0 Å². The molecule has 0 bridgehead atoms. The Morgan fingerprint density at radius 1 is 0.848 bits per heavy atom. The molecule has 0 saturated carbocycles. The van der Waals surface area contributed by atoms with Gasteiger partial charge in [-0.15, -0.1) is 0 Å². The summed E-state index contributed by atoms with van der Waals surface area (Å²) in [6, 6.07) is 22.3. The first-order chi connectivity index (χ1) is 15.8. The predicted octanol–water partition coefficient (Wildman–Crippen LogP) is 5.73. The Labute approximate surface area is 194 Å². The number of hydrogen-bond donors (Lipinski definition) is 1. The molecule has 1 N–H and O–H groups in total. The molecule has 0 aromatic heterocycles. The van der Waals surface area contributed by atoms with Gasteiger partial charge in [-0.05, 0) is 72.9 Å². The zero-order valence-corrected chi connectivity index (χ0v) is 19.4. The molecular weight excluding hydrogens is 412 g/mol. The van der Waals surface area contributed by atoms with Gasteiger partial charge in [-0.25, -0.2) is 4.90 Å². The molecule has 2 amide bonds. The molecule has 5 heteroatoms. The fourth-order valence-corrected chi connectivity index (χ4v) is 3.90. The second-order valence-electron chi connectivity index (χ2n) is 8.76. The maximum Gasteiger partial charge on any atom is 0.282 e. The van der Waals surface area contributed by atoms with Gasteiger partial charge in [0.25, 0.3) is 11.8 Å². The van der Waals surface area contributed by atoms with Crippen molar-refractivity contribution < 1.29 is 14.3 Å². The molecule has 1 aliphatic rings. The maximum absolute atomic E-state index is 13.5. The van der Waals surface area contributed by atoms with E-state index in [2.05, 4.69) is 25.2 Å². The molecule has 3 aromatic carbocycles. The summed E-state index contributed by atoms with van der Waals surface area (Å²) in [7, 11) is 0. The highest BCUT2D eigenvalue weighted by atomic mass is 16.5. The highest BCUT2D eigenvalue weighted by Gasteiger charge is 2.40. The molecular formula is C28H28N2O3. The maximum atomic E-state index is 13.5. The number of nitrogens with zero attached hydrogens (tertiary/aromatic N) is 1. The lowest BCUT2D eigenvalue weighted by Gasteiger charge is -2.16. The van der Waals surface area contributed by atoms with Crippen molar-refractivity contribution in [2.75, 3.05) is 16.8 Å². The third-order valence-electron chi connectivity index (χ3n) is 5.32. The van der Waals surface area contributed by atoms with Gasteiger partial charge in [-0.1, -0.05) is 50.2 Å². The number of benzene rings is 3. The Morgan fingerprint density at radius 3 is 2.09 bits per heavy atom. The van der Waals surface area contributed by atoms with Crippen LogP contribution in [0.3, 0.4) is 0 Å². The van der Waals surface area contributed by atoms with Crippen molar-refractivity contribution in [1.29, 1.82) is 0 Å². The third-order valence-corrected chi connectivity index (χ3v) is 5.32. The fourth-order valence-electron chi connectivity index (χ4n) is 3.90. The second-order valence-corrected chi connectivity index (χ2v) is 8.76. The number of rotatable bonds is 7. The number of aryl methyl sites for hydroxylation is 2. The first kappa shape index (κ1) is 22.3. The summed E-state index contributed by atoms with van der Waals surface area (Å²) in [6.45, 7) is 8.77. The molecule has 1 heterocycles. The van der Waals surface area contributed by atoms with Crippen LogP contribution in [0.1, 0.15) is 30.5 Å². The average molecular weight is 441 g/mol. The molecule has 3 aromatic rings. The van der Waals surface area contributed by atoms with Crippen molar-refractivity contribution in [1.82, 2.24) is 0 Å². The van der Waals surface area contributed by atoms with Crippen LogP contribution in [-0.2, 0) is 9.59 Å². The normalized spacial score (nSPS) is 13.8. The van der Waals surface area contributed by atoms with E-state index >= 15 is 0 Å². The van der Waals surface area contributed by atoms with Crippen LogP contribution in [0.4, 0.5) is 11.4 Å². The van der Waals surface area contributed by atoms with E-state index in [9.17, 15) is 9.59 Å². The van der Waals surface area contributed by atoms with Gasteiger partial charge < -0.3 is 10.1 Å². The van der Waals surface area contributed by atoms with E-state index in [1.807, 2.05) is 56.3 Å². The number of anilines is 2. The quantitative estimate of drug-likeness (QED) is 0.476. The fraction of sp³-hybridized carbons (Fsp3) is 0.214. The molecule has 4 rings (SSSR count). The Morgan fingerprint density at radius 2 is 1.48 bits per heavy atom. The van der Waals surface area contributed by atoms with Crippen LogP contribution in [-0.4, -0.2) is 18.4 Å². The number of carbonyl (C=O) groups excluding carboxylic acids is 2. The first-order valence-corrected chi connectivity index (χ1v) is 11.1. The minimum atomic E-state index is -0.381. The lowest BCUT2D eigenvalue weighted by molar-refractivity contribution is -0.120. The molecule has 0 saturated heterocycles. The van der Waals surface area contributed by atoms with E-state index in [4.69, 9.17) is 4.74 Å². The summed E-state index contributed by atoms with van der Waals surface area (Å²) in [5.41, 5.74) is 4.76. The van der Waals surface area contributed by atoms with Gasteiger partial charge in [0.05, 0.1) is 17.9 Å². The Hall–Kier alpha value is -3.86. The van der Waals surface area contributed by atoms with Crippen LogP contribution in [0, 0.1) is 19.8 Å². The van der Waals surface area contributed by atoms with Crippen LogP contribution in [0.2, 0.25) is 0 Å². The molecule has 33 heavy (non-hydrogen) atoms. The standard InChI is InChI=1S/C28H28N2O3/c1-18(2)17-33-24-12-10-23(11-13-24)30-27(31)25(21-8-6-5-7-9-21)26(28(30)32)29-22-15-19(3)14-20(4)16-22/h5-16,18,29H,17H2,1-4H3. The van der Waals surface area contributed by atoms with Gasteiger partial charge in [0.15, 0.2) is 0 Å². The molecule has 0 fully saturated rings. The van der Waals surface area contributed by atoms with Crippen LogP contribution in [0.15, 0.2) is 78.5 Å². The molecule has 0 unspecified atom stereocenters. The Balaban J connectivity index is 1.70. The zero-order valence-electron chi connectivity index (χ0n) is 19.4. The highest BCUT2D eigenvalue weighted by Crippen LogP contribution is 2.34. The monoisotopic (exact) mass is 440 g/mol. The van der Waals surface area contributed by atoms with E-state index in [0.717, 1.165) is 16.8 Å². The minimum Gasteiger partial charge on any atom is -0.493 e. The van der Waals surface area contributed by atoms with E-state index < -0.39 is 0 Å². The highest BCUT2D eigenvalue weighted by molar-refractivity contribution is 6.46. The second kappa shape index (κ2) is 9.33. The molecule has 0 aliphatic carbocycles. The van der Waals surface area contributed by atoms with Gasteiger partial charge in [-0.2, -0.15) is 0 Å². The lowest BCUT2D eigenvalue weighted by atomic mass is 10.0. The van der Waals surface area contributed by atoms with E-state index in [1.165, 1.54) is 4.90 Å². The van der Waals surface area contributed by atoms with Crippen molar-refractivity contribution in [2.45, 2.75) is 27.7 Å². The minimum absolute atomic E-state index is 0.274. The lowest BCUT2D eigenvalue weighted by Crippen LogP contribution is -2.32. The molecule has 0 atom stereocenters. The Kier molecular flexibility index (Phi) is 6.31. The van der Waals surface area contributed by atoms with Gasteiger partial charge >= 0.3 is 0 Å². The smallest absolute Gasteiger partial charge is 0.282 e. The van der Waals surface area contributed by atoms with Crippen molar-refractivity contribution in [3.8, 4) is 5.75 Å². The van der Waals surface area contributed by atoms with Crippen LogP contribution in [0.5, 0.6) is 5.75 Å². The molecule has 168 valence electrons. The average Bonchev–Trinajstić information content (AvgIpc) is 3.02. The molecule has 0 radical (unpaired) electrons. The molecule has 0 spiro atoms.